The Labute approximate surface area is 174 Å². The number of aryl methyl sites for hydroxylation is 2. The molecule has 3 rings (SSSR count). The minimum Gasteiger partial charge on any atom is -0.493 e. The van der Waals surface area contributed by atoms with Crippen molar-refractivity contribution in [1.29, 1.82) is 0 Å². The fourth-order valence-corrected chi connectivity index (χ4v) is 5.52. The Kier molecular flexibility index (Phi) is 6.45. The van der Waals surface area contributed by atoms with E-state index in [1.54, 1.807) is 6.07 Å². The fourth-order valence-electron chi connectivity index (χ4n) is 3.22. The molecule has 2 aromatic rings. The Hall–Kier alpha value is -2.17. The quantitative estimate of drug-likeness (QED) is 0.743. The van der Waals surface area contributed by atoms with E-state index < -0.39 is 10.0 Å². The van der Waals surface area contributed by atoms with Crippen molar-refractivity contribution in [3.63, 3.8) is 0 Å². The van der Waals surface area contributed by atoms with Crippen molar-refractivity contribution in [3.05, 3.63) is 28.8 Å². The van der Waals surface area contributed by atoms with Gasteiger partial charge in [0, 0.05) is 30.0 Å². The van der Waals surface area contributed by atoms with Crippen molar-refractivity contribution in [1.82, 2.24) is 9.29 Å². The summed E-state index contributed by atoms with van der Waals surface area (Å²) in [6.45, 7) is 4.43. The van der Waals surface area contributed by atoms with Gasteiger partial charge in [0.15, 0.2) is 16.6 Å². The number of methoxy groups -OCH3 is 2. The summed E-state index contributed by atoms with van der Waals surface area (Å²) in [6.07, 6.45) is 0.920. The van der Waals surface area contributed by atoms with Crippen LogP contribution < -0.4 is 14.8 Å². The number of carbonyl (C=O) groups excluding carboxylic acids is 1. The molecule has 1 N–H and O–H groups in total. The molecule has 10 heteroatoms. The van der Waals surface area contributed by atoms with Gasteiger partial charge in [0.05, 0.1) is 24.8 Å². The lowest BCUT2D eigenvalue weighted by atomic mass is 9.97. The third-order valence-electron chi connectivity index (χ3n) is 5.08. The molecule has 8 nitrogen and oxygen atoms in total. The number of amides is 1. The molecule has 1 amide bonds. The molecule has 0 atom stereocenters. The summed E-state index contributed by atoms with van der Waals surface area (Å²) in [7, 11) is -0.716. The van der Waals surface area contributed by atoms with Gasteiger partial charge in [-0.25, -0.2) is 13.4 Å². The first-order chi connectivity index (χ1) is 13.8. The SMILES string of the molecule is COc1ccc(S(=O)(=O)N2CCC(C(=O)Nc3nc(C)c(C)s3)CC2)cc1OC. The van der Waals surface area contributed by atoms with Crippen molar-refractivity contribution in [2.45, 2.75) is 31.6 Å². The van der Waals surface area contributed by atoms with Crippen LogP contribution in [0.1, 0.15) is 23.4 Å². The Morgan fingerprint density at radius 2 is 1.83 bits per heavy atom. The van der Waals surface area contributed by atoms with Crippen molar-refractivity contribution in [2.75, 3.05) is 32.6 Å². The number of hydrogen-bond donors (Lipinski definition) is 1. The largest absolute Gasteiger partial charge is 0.493 e. The maximum Gasteiger partial charge on any atom is 0.243 e. The first kappa shape index (κ1) is 21.5. The van der Waals surface area contributed by atoms with Crippen LogP contribution in [0.3, 0.4) is 0 Å². The van der Waals surface area contributed by atoms with E-state index in [0.717, 1.165) is 10.6 Å². The van der Waals surface area contributed by atoms with Crippen LogP contribution in [0.15, 0.2) is 23.1 Å². The molecule has 1 aromatic carbocycles. The van der Waals surface area contributed by atoms with E-state index in [0.29, 0.717) is 29.5 Å². The zero-order chi connectivity index (χ0) is 21.2. The lowest BCUT2D eigenvalue weighted by molar-refractivity contribution is -0.120. The molecule has 1 aliphatic rings. The first-order valence-electron chi connectivity index (χ1n) is 9.23. The van der Waals surface area contributed by atoms with E-state index in [1.165, 1.54) is 42.0 Å². The molecule has 29 heavy (non-hydrogen) atoms. The molecule has 158 valence electrons. The smallest absolute Gasteiger partial charge is 0.243 e. The molecule has 0 radical (unpaired) electrons. The van der Waals surface area contributed by atoms with Crippen LogP contribution in [-0.4, -0.2) is 50.9 Å². The zero-order valence-corrected chi connectivity index (χ0v) is 18.5. The lowest BCUT2D eigenvalue weighted by Gasteiger charge is -2.30. The van der Waals surface area contributed by atoms with E-state index in [1.807, 2.05) is 13.8 Å². The molecular formula is C19H25N3O5S2. The summed E-state index contributed by atoms with van der Waals surface area (Å²) in [4.78, 5) is 18.1. The number of nitrogens with one attached hydrogen (secondary N) is 1. The second kappa shape index (κ2) is 8.68. The van der Waals surface area contributed by atoms with Crippen molar-refractivity contribution in [2.24, 2.45) is 5.92 Å². The van der Waals surface area contributed by atoms with E-state index in [-0.39, 0.29) is 29.8 Å². The molecule has 2 heterocycles. The van der Waals surface area contributed by atoms with E-state index in [4.69, 9.17) is 9.47 Å². The molecule has 1 aliphatic heterocycles. The summed E-state index contributed by atoms with van der Waals surface area (Å²) < 4.78 is 37.8. The third kappa shape index (κ3) is 4.54. The predicted octanol–water partition coefficient (Wildman–Crippen LogP) is 2.82. The highest BCUT2D eigenvalue weighted by Crippen LogP contribution is 2.32. The molecular weight excluding hydrogens is 414 g/mol. The molecule has 0 saturated carbocycles. The molecule has 0 bridgehead atoms. The number of benzene rings is 1. The van der Waals surface area contributed by atoms with E-state index >= 15 is 0 Å². The fraction of sp³-hybridized carbons (Fsp3) is 0.474. The minimum absolute atomic E-state index is 0.109. The highest BCUT2D eigenvalue weighted by Gasteiger charge is 2.33. The number of aromatic nitrogens is 1. The predicted molar refractivity (Wildman–Crippen MR) is 111 cm³/mol. The average Bonchev–Trinajstić information content (AvgIpc) is 3.04. The minimum atomic E-state index is -3.67. The Bertz CT molecular complexity index is 976. The summed E-state index contributed by atoms with van der Waals surface area (Å²) >= 11 is 1.44. The number of piperidine rings is 1. The van der Waals surface area contributed by atoms with Gasteiger partial charge >= 0.3 is 0 Å². The van der Waals surface area contributed by atoms with E-state index in [9.17, 15) is 13.2 Å². The number of rotatable bonds is 6. The average molecular weight is 440 g/mol. The molecule has 1 aromatic heterocycles. The van der Waals surface area contributed by atoms with Crippen LogP contribution in [0.2, 0.25) is 0 Å². The molecule has 0 spiro atoms. The summed E-state index contributed by atoms with van der Waals surface area (Å²) in [5.74, 6) is 0.477. The topological polar surface area (TPSA) is 97.8 Å². The zero-order valence-electron chi connectivity index (χ0n) is 16.9. The number of hydrogen-bond acceptors (Lipinski definition) is 7. The second-order valence-electron chi connectivity index (χ2n) is 6.85. The highest BCUT2D eigenvalue weighted by atomic mass is 32.2. The van der Waals surface area contributed by atoms with Gasteiger partial charge in [-0.15, -0.1) is 11.3 Å². The van der Waals surface area contributed by atoms with Crippen LogP contribution in [0, 0.1) is 19.8 Å². The van der Waals surface area contributed by atoms with Gasteiger partial charge in [-0.3, -0.25) is 4.79 Å². The number of sulfonamides is 1. The molecule has 1 saturated heterocycles. The van der Waals surface area contributed by atoms with Gasteiger partial charge < -0.3 is 14.8 Å². The second-order valence-corrected chi connectivity index (χ2v) is 9.99. The van der Waals surface area contributed by atoms with Crippen LogP contribution >= 0.6 is 11.3 Å². The van der Waals surface area contributed by atoms with Gasteiger partial charge in [0.2, 0.25) is 15.9 Å². The van der Waals surface area contributed by atoms with Gasteiger partial charge in [-0.2, -0.15) is 4.31 Å². The monoisotopic (exact) mass is 439 g/mol. The van der Waals surface area contributed by atoms with Crippen molar-refractivity contribution >= 4 is 32.4 Å². The van der Waals surface area contributed by atoms with Crippen molar-refractivity contribution in [3.8, 4) is 11.5 Å². The van der Waals surface area contributed by atoms with Crippen molar-refractivity contribution < 1.29 is 22.7 Å². The summed E-state index contributed by atoms with van der Waals surface area (Å²) in [5.41, 5.74) is 0.904. The maximum atomic E-state index is 13.0. The number of carbonyl (C=O) groups is 1. The number of nitrogens with zero attached hydrogens (tertiary/aromatic N) is 2. The molecule has 1 fully saturated rings. The first-order valence-corrected chi connectivity index (χ1v) is 11.5. The molecule has 0 aliphatic carbocycles. The highest BCUT2D eigenvalue weighted by molar-refractivity contribution is 7.89. The summed E-state index contributed by atoms with van der Waals surface area (Å²) in [5, 5.41) is 3.44. The van der Waals surface area contributed by atoms with Crippen LogP contribution in [0.4, 0.5) is 5.13 Å². The summed E-state index contributed by atoms with van der Waals surface area (Å²) in [6, 6.07) is 4.53. The molecule has 0 unspecified atom stereocenters. The van der Waals surface area contributed by atoms with Gasteiger partial charge in [0.1, 0.15) is 0 Å². The Balaban J connectivity index is 1.65. The maximum absolute atomic E-state index is 13.0. The normalized spacial score (nSPS) is 15.9. The standard InChI is InChI=1S/C19H25N3O5S2/c1-12-13(2)28-19(20-12)21-18(23)14-7-9-22(10-8-14)29(24,25)15-5-6-16(26-3)17(11-15)27-4/h5-6,11,14H,7-10H2,1-4H3,(H,20,21,23). The third-order valence-corrected chi connectivity index (χ3v) is 7.96. The number of ether oxygens (including phenoxy) is 2. The van der Waals surface area contributed by atoms with Gasteiger partial charge in [0.25, 0.3) is 0 Å². The number of thiazole rings is 1. The number of anilines is 1. The van der Waals surface area contributed by atoms with Gasteiger partial charge in [-0.1, -0.05) is 0 Å². The Morgan fingerprint density at radius 3 is 2.38 bits per heavy atom. The van der Waals surface area contributed by atoms with Crippen LogP contribution in [0.25, 0.3) is 0 Å². The van der Waals surface area contributed by atoms with Gasteiger partial charge in [-0.05, 0) is 38.8 Å². The van der Waals surface area contributed by atoms with Crippen LogP contribution in [0.5, 0.6) is 11.5 Å². The Morgan fingerprint density at radius 1 is 1.17 bits per heavy atom. The van der Waals surface area contributed by atoms with Crippen LogP contribution in [-0.2, 0) is 14.8 Å². The lowest BCUT2D eigenvalue weighted by Crippen LogP contribution is -2.41. The van der Waals surface area contributed by atoms with E-state index in [2.05, 4.69) is 10.3 Å².